The quantitative estimate of drug-likeness (QED) is 0.388. The van der Waals surface area contributed by atoms with Gasteiger partial charge in [0.15, 0.2) is 0 Å². The van der Waals surface area contributed by atoms with Crippen LogP contribution in [-0.2, 0) is 26.3 Å². The van der Waals surface area contributed by atoms with Gasteiger partial charge in [0.25, 0.3) is 0 Å². The van der Waals surface area contributed by atoms with E-state index < -0.39 is 20.8 Å². The molecule has 0 amide bonds. The van der Waals surface area contributed by atoms with E-state index in [2.05, 4.69) is 87.5 Å². The summed E-state index contributed by atoms with van der Waals surface area (Å²) < 4.78 is 0. The van der Waals surface area contributed by atoms with Crippen molar-refractivity contribution in [3.8, 4) is 0 Å². The van der Waals surface area contributed by atoms with Gasteiger partial charge in [0.2, 0.25) is 0 Å². The van der Waals surface area contributed by atoms with Crippen molar-refractivity contribution in [1.82, 2.24) is 0 Å². The molecule has 1 aromatic heterocycles. The summed E-state index contributed by atoms with van der Waals surface area (Å²) in [5, 5.41) is 2.14. The van der Waals surface area contributed by atoms with Crippen LogP contribution in [0, 0.1) is 18.8 Å². The molecule has 0 atom stereocenters. The molecule has 1 aliphatic rings. The van der Waals surface area contributed by atoms with Crippen LogP contribution in [0.15, 0.2) is 53.9 Å². The van der Waals surface area contributed by atoms with E-state index in [0.29, 0.717) is 0 Å². The summed E-state index contributed by atoms with van der Waals surface area (Å²) in [5.41, 5.74) is 1.56. The van der Waals surface area contributed by atoms with Gasteiger partial charge in [0, 0.05) is 4.88 Å². The fourth-order valence-corrected chi connectivity index (χ4v) is 3.40. The van der Waals surface area contributed by atoms with E-state index in [0.717, 1.165) is 0 Å². The third-order valence-electron chi connectivity index (χ3n) is 4.07. The van der Waals surface area contributed by atoms with Crippen molar-refractivity contribution >= 4 is 28.4 Å². The zero-order chi connectivity index (χ0) is 18.5. The molecule has 4 heteroatoms. The Morgan fingerprint density at radius 1 is 1.24 bits per heavy atom. The van der Waals surface area contributed by atoms with E-state index >= 15 is 0 Å². The second-order valence-corrected chi connectivity index (χ2v) is 10.9. The molecule has 1 aliphatic carbocycles. The average molecular weight is 473 g/mol. The summed E-state index contributed by atoms with van der Waals surface area (Å²) in [6.45, 7) is 6.77. The number of hydrogen-bond donors (Lipinski definition) is 0. The molecule has 0 nitrogen and oxygen atoms in total. The SMILES string of the molecule is CC(C)(c1cc[cH-]c1)c1cccs1.CCCC[C]1[CH]C=C[CH-]1.[Cl][Zr+2][Cl]. The molecule has 0 saturated carbocycles. The summed E-state index contributed by atoms with van der Waals surface area (Å²) in [5.74, 6) is 1.48. The summed E-state index contributed by atoms with van der Waals surface area (Å²) in [7, 11) is 9.87. The number of halogens is 2. The molecule has 0 fully saturated rings. The van der Waals surface area contributed by atoms with E-state index in [-0.39, 0.29) is 5.41 Å². The predicted molar refractivity (Wildman–Crippen MR) is 111 cm³/mol. The van der Waals surface area contributed by atoms with E-state index in [9.17, 15) is 0 Å². The molecule has 134 valence electrons. The fourth-order valence-electron chi connectivity index (χ4n) is 2.53. The monoisotopic (exact) mass is 470 g/mol. The Morgan fingerprint density at radius 3 is 2.48 bits per heavy atom. The Kier molecular flexibility index (Phi) is 12.3. The maximum atomic E-state index is 4.93. The number of hydrogen-bond acceptors (Lipinski definition) is 1. The normalized spacial score (nSPS) is 13.2. The molecule has 2 radical (unpaired) electrons. The van der Waals surface area contributed by atoms with Crippen LogP contribution in [0.4, 0.5) is 0 Å². The molecule has 0 bridgehead atoms. The van der Waals surface area contributed by atoms with Gasteiger partial charge in [-0.25, -0.2) is 24.6 Å². The van der Waals surface area contributed by atoms with Crippen LogP contribution in [0.5, 0.6) is 0 Å². The third kappa shape index (κ3) is 8.57. The second-order valence-electron chi connectivity index (χ2n) is 6.24. The van der Waals surface area contributed by atoms with Crippen LogP contribution in [0.1, 0.15) is 50.5 Å². The van der Waals surface area contributed by atoms with Gasteiger partial charge in [-0.15, -0.1) is 17.8 Å². The van der Waals surface area contributed by atoms with Crippen molar-refractivity contribution in [1.29, 1.82) is 0 Å². The van der Waals surface area contributed by atoms with Crippen molar-refractivity contribution in [3.05, 3.63) is 83.1 Å². The van der Waals surface area contributed by atoms with E-state index in [4.69, 9.17) is 17.0 Å². The number of thiophene rings is 1. The molecule has 0 N–H and O–H groups in total. The van der Waals surface area contributed by atoms with Crippen molar-refractivity contribution < 1.29 is 20.8 Å². The van der Waals surface area contributed by atoms with Gasteiger partial charge in [-0.1, -0.05) is 52.0 Å². The van der Waals surface area contributed by atoms with Crippen molar-refractivity contribution in [3.63, 3.8) is 0 Å². The van der Waals surface area contributed by atoms with Crippen molar-refractivity contribution in [2.45, 2.75) is 45.4 Å². The Balaban J connectivity index is 0.000000228. The molecule has 1 heterocycles. The number of allylic oxidation sites excluding steroid dienone is 2. The molecule has 0 saturated heterocycles. The van der Waals surface area contributed by atoms with Gasteiger partial charge in [0.05, 0.1) is 0 Å². The van der Waals surface area contributed by atoms with Gasteiger partial charge < -0.3 is 0 Å². The zero-order valence-corrected chi connectivity index (χ0v) is 19.9. The second kappa shape index (κ2) is 13.3. The standard InChI is InChI=1S/C12H13S.C9H13.2ClH.Zr/c1-12(2,10-6-3-4-7-10)11-8-5-9-13-11;1-2-3-6-9-7-4-5-8-9;;;/h3-9H,1-2H3;4-5,7-8H,2-3,6H2,1H3;2*1H;/q2*-1;;;+4/p-2. The summed E-state index contributed by atoms with van der Waals surface area (Å²) in [6.07, 6.45) is 12.5. The molecule has 0 spiro atoms. The first kappa shape index (κ1) is 23.2. The summed E-state index contributed by atoms with van der Waals surface area (Å²) in [6, 6.07) is 12.9. The summed E-state index contributed by atoms with van der Waals surface area (Å²) in [4.78, 5) is 1.43. The number of unbranched alkanes of at least 4 members (excludes halogenated alkanes) is 1. The molecular formula is C21H26Cl2SZr. The van der Waals surface area contributed by atoms with Crippen molar-refractivity contribution in [2.75, 3.05) is 0 Å². The fraction of sp³-hybridized carbons (Fsp3) is 0.333. The Bertz CT molecular complexity index is 515. The van der Waals surface area contributed by atoms with Crippen LogP contribution in [-0.4, -0.2) is 0 Å². The topological polar surface area (TPSA) is 0 Å². The van der Waals surface area contributed by atoms with Crippen LogP contribution in [0.25, 0.3) is 0 Å². The van der Waals surface area contributed by atoms with Crippen LogP contribution in [0.3, 0.4) is 0 Å². The molecule has 3 rings (SSSR count). The minimum absolute atomic E-state index is 0.164. The minimum atomic E-state index is -0.826. The Morgan fingerprint density at radius 2 is 2.00 bits per heavy atom. The molecule has 0 aliphatic heterocycles. The molecule has 1 aromatic carbocycles. The predicted octanol–water partition coefficient (Wildman–Crippen LogP) is 7.90. The van der Waals surface area contributed by atoms with E-state index in [1.807, 2.05) is 11.3 Å². The number of rotatable bonds is 5. The van der Waals surface area contributed by atoms with Gasteiger partial charge in [-0.3, -0.25) is 0 Å². The van der Waals surface area contributed by atoms with Crippen LogP contribution in [0.2, 0.25) is 0 Å². The molecule has 0 unspecified atom stereocenters. The molecular weight excluding hydrogens is 446 g/mol. The van der Waals surface area contributed by atoms with Gasteiger partial charge in [-0.2, -0.15) is 23.8 Å². The first-order valence-corrected chi connectivity index (χ1v) is 15.7. The third-order valence-corrected chi connectivity index (χ3v) is 5.27. The van der Waals surface area contributed by atoms with Gasteiger partial charge >= 0.3 is 37.9 Å². The summed E-state index contributed by atoms with van der Waals surface area (Å²) >= 11 is 1.00. The van der Waals surface area contributed by atoms with Gasteiger partial charge in [0.1, 0.15) is 0 Å². The van der Waals surface area contributed by atoms with Crippen LogP contribution < -0.4 is 0 Å². The zero-order valence-electron chi connectivity index (χ0n) is 15.1. The molecule has 25 heavy (non-hydrogen) atoms. The van der Waals surface area contributed by atoms with Crippen molar-refractivity contribution in [2.24, 2.45) is 0 Å². The average Bonchev–Trinajstić information content (AvgIpc) is 3.38. The maximum absolute atomic E-state index is 4.93. The Labute approximate surface area is 176 Å². The first-order chi connectivity index (χ1) is 12.1. The molecule has 2 aromatic rings. The van der Waals surface area contributed by atoms with Crippen LogP contribution >= 0.6 is 28.4 Å². The van der Waals surface area contributed by atoms with E-state index in [1.165, 1.54) is 35.6 Å². The van der Waals surface area contributed by atoms with Gasteiger partial charge in [-0.05, 0) is 16.9 Å². The van der Waals surface area contributed by atoms with E-state index in [1.54, 1.807) is 0 Å². The Hall–Kier alpha value is 0.123. The first-order valence-electron chi connectivity index (χ1n) is 8.49.